The summed E-state index contributed by atoms with van der Waals surface area (Å²) < 4.78 is 16.1. The number of primary amides is 1. The molecular formula is C30H38FN3O7. The Bertz CT molecular complexity index is 1360. The molecule has 6 unspecified atom stereocenters. The molecule has 5 rings (SSSR count). The molecule has 10 nitrogen and oxygen atoms in total. The number of halogens is 1. The van der Waals surface area contributed by atoms with Crippen molar-refractivity contribution in [1.82, 2.24) is 9.80 Å². The maximum Gasteiger partial charge on any atom is 0.235 e. The summed E-state index contributed by atoms with van der Waals surface area (Å²) in [6.07, 6.45) is 1.79. The van der Waals surface area contributed by atoms with E-state index in [9.17, 15) is 34.2 Å². The lowest BCUT2D eigenvalue weighted by molar-refractivity contribution is -0.181. The molecule has 1 amide bonds. The van der Waals surface area contributed by atoms with Crippen LogP contribution in [0.15, 0.2) is 6.07 Å². The lowest BCUT2D eigenvalue weighted by Gasteiger charge is -2.52. The molecule has 0 heterocycles. The van der Waals surface area contributed by atoms with Gasteiger partial charge in [-0.2, -0.15) is 0 Å². The van der Waals surface area contributed by atoms with Gasteiger partial charge in [-0.05, 0) is 57.2 Å². The molecule has 41 heavy (non-hydrogen) atoms. The Labute approximate surface area is 238 Å². The van der Waals surface area contributed by atoms with E-state index in [1.54, 1.807) is 0 Å². The van der Waals surface area contributed by atoms with Crippen molar-refractivity contribution >= 4 is 29.0 Å². The number of nitrogens with zero attached hydrogens (tertiary/aromatic N) is 2. The first-order chi connectivity index (χ1) is 19.0. The van der Waals surface area contributed by atoms with Gasteiger partial charge >= 0.3 is 0 Å². The predicted octanol–water partition coefficient (Wildman–Crippen LogP) is 1.02. The summed E-state index contributed by atoms with van der Waals surface area (Å²) in [5.41, 5.74) is 2.42. The number of aromatic hydroxyl groups is 1. The quantitative estimate of drug-likeness (QED) is 0.424. The Morgan fingerprint density at radius 3 is 2.32 bits per heavy atom. The smallest absolute Gasteiger partial charge is 0.235 e. The summed E-state index contributed by atoms with van der Waals surface area (Å²) in [7, 11) is 3.03. The van der Waals surface area contributed by atoms with E-state index >= 15 is 4.39 Å². The number of rotatable bonds is 6. The number of benzene rings is 1. The number of hydrogen-bond donors (Lipinski definition) is 3. The zero-order chi connectivity index (χ0) is 30.3. The second-order valence-electron chi connectivity index (χ2n) is 13.7. The molecule has 4 aliphatic carbocycles. The highest BCUT2D eigenvalue weighted by Gasteiger charge is 2.69. The van der Waals surface area contributed by atoms with Gasteiger partial charge in [-0.25, -0.2) is 4.39 Å². The number of ketones is 4. The Hall–Kier alpha value is -3.02. The van der Waals surface area contributed by atoms with Gasteiger partial charge in [-0.15, -0.1) is 0 Å². The second kappa shape index (κ2) is 9.78. The third-order valence-corrected chi connectivity index (χ3v) is 9.18. The molecule has 6 atom stereocenters. The molecule has 0 radical (unpaired) electrons. The Morgan fingerprint density at radius 2 is 1.78 bits per heavy atom. The summed E-state index contributed by atoms with van der Waals surface area (Å²) in [5.74, 6) is -12.2. The first-order valence-corrected chi connectivity index (χ1v) is 14.1. The standard InChI is InChI=1S/C30H38FN3O7/c1-29(2,3)12-34(15-6-7-15)11-14-10-18(35)20-16(22(14)31)8-13-9-17-23(33(4)5)25(37)21(28(32)40)27(39)30(17,41)26(38)19(13)24(20)36/h10,13,15,17,19,21,23,35,41H,6-9,11-12H2,1-5H3,(H2,32,40). The number of phenolic OH excluding ortho intramolecular Hbond substituents is 1. The fourth-order valence-electron chi connectivity index (χ4n) is 7.40. The number of carbonyl (C=O) groups excluding carboxylic acids is 5. The average molecular weight is 572 g/mol. The average Bonchev–Trinajstić information content (AvgIpc) is 3.68. The van der Waals surface area contributed by atoms with Gasteiger partial charge in [-0.1, -0.05) is 20.8 Å². The van der Waals surface area contributed by atoms with Crippen LogP contribution in [0.3, 0.4) is 0 Å². The van der Waals surface area contributed by atoms with Crippen LogP contribution in [0.5, 0.6) is 5.75 Å². The normalized spacial score (nSPS) is 31.8. The van der Waals surface area contributed by atoms with Gasteiger partial charge in [-0.3, -0.25) is 33.8 Å². The molecule has 11 heteroatoms. The molecule has 0 bridgehead atoms. The van der Waals surface area contributed by atoms with Crippen molar-refractivity contribution in [3.8, 4) is 5.75 Å². The number of aliphatic hydroxyl groups is 1. The number of Topliss-reactive ketones (excluding diaryl/α,β-unsaturated/α-hetero) is 4. The summed E-state index contributed by atoms with van der Waals surface area (Å²) in [6, 6.07) is 0.343. The van der Waals surface area contributed by atoms with E-state index in [0.717, 1.165) is 12.8 Å². The molecule has 4 N–H and O–H groups in total. The minimum atomic E-state index is -2.80. The number of hydrogen-bond acceptors (Lipinski definition) is 9. The van der Waals surface area contributed by atoms with Gasteiger partial charge < -0.3 is 15.9 Å². The highest BCUT2D eigenvalue weighted by Crippen LogP contribution is 2.51. The van der Waals surface area contributed by atoms with E-state index in [1.165, 1.54) is 25.1 Å². The first-order valence-electron chi connectivity index (χ1n) is 14.1. The fourth-order valence-corrected chi connectivity index (χ4v) is 7.40. The van der Waals surface area contributed by atoms with Crippen molar-refractivity contribution < 1.29 is 38.6 Å². The fraction of sp³-hybridized carbons (Fsp3) is 0.633. The van der Waals surface area contributed by atoms with Crippen LogP contribution >= 0.6 is 0 Å². The molecule has 3 fully saturated rings. The maximum atomic E-state index is 16.1. The predicted molar refractivity (Wildman–Crippen MR) is 144 cm³/mol. The van der Waals surface area contributed by atoms with E-state index in [0.29, 0.717) is 12.6 Å². The molecule has 0 saturated heterocycles. The lowest BCUT2D eigenvalue weighted by Crippen LogP contribution is -2.74. The number of carbonyl (C=O) groups is 5. The summed E-state index contributed by atoms with van der Waals surface area (Å²) >= 11 is 0. The van der Waals surface area contributed by atoms with Crippen molar-refractivity contribution in [1.29, 1.82) is 0 Å². The molecule has 1 aromatic carbocycles. The maximum absolute atomic E-state index is 16.1. The van der Waals surface area contributed by atoms with Gasteiger partial charge in [0.1, 0.15) is 11.6 Å². The van der Waals surface area contributed by atoms with E-state index in [4.69, 9.17) is 5.73 Å². The number of phenols is 1. The van der Waals surface area contributed by atoms with Crippen molar-refractivity contribution in [3.05, 3.63) is 28.6 Å². The Balaban J connectivity index is 1.55. The molecule has 1 aromatic rings. The summed E-state index contributed by atoms with van der Waals surface area (Å²) in [5, 5.41) is 22.6. The van der Waals surface area contributed by atoms with E-state index in [-0.39, 0.29) is 41.5 Å². The Kier molecular flexibility index (Phi) is 7.03. The van der Waals surface area contributed by atoms with Crippen LogP contribution in [0, 0.1) is 34.9 Å². The van der Waals surface area contributed by atoms with Crippen LogP contribution in [0.4, 0.5) is 4.39 Å². The number of nitrogens with two attached hydrogens (primary N) is 1. The third-order valence-electron chi connectivity index (χ3n) is 9.18. The zero-order valence-corrected chi connectivity index (χ0v) is 24.1. The van der Waals surface area contributed by atoms with Crippen LogP contribution in [0.2, 0.25) is 0 Å². The summed E-state index contributed by atoms with van der Waals surface area (Å²) in [6.45, 7) is 7.25. The highest BCUT2D eigenvalue weighted by molar-refractivity contribution is 6.32. The van der Waals surface area contributed by atoms with Gasteiger partial charge in [0.25, 0.3) is 0 Å². The van der Waals surface area contributed by atoms with Gasteiger partial charge in [0.05, 0.1) is 17.5 Å². The lowest BCUT2D eigenvalue weighted by atomic mass is 9.52. The van der Waals surface area contributed by atoms with Crippen LogP contribution in [0.25, 0.3) is 0 Å². The van der Waals surface area contributed by atoms with Crippen LogP contribution < -0.4 is 5.73 Å². The minimum absolute atomic E-state index is 0.000809. The molecule has 222 valence electrons. The van der Waals surface area contributed by atoms with Crippen molar-refractivity contribution in [3.63, 3.8) is 0 Å². The number of amides is 1. The number of likely N-dealkylation sites (N-methyl/N-ethyl adjacent to an activating group) is 1. The molecule has 4 aliphatic rings. The van der Waals surface area contributed by atoms with Gasteiger partial charge in [0.2, 0.25) is 5.91 Å². The van der Waals surface area contributed by atoms with Crippen molar-refractivity contribution in [2.24, 2.45) is 34.8 Å². The SMILES string of the molecule is CN(C)C1C(=O)C(C(N)=O)C(=O)C2(O)C(=O)C3C(=O)c4c(O)cc(CN(CC(C)(C)C)C5CC5)c(F)c4CC3CC12. The third kappa shape index (κ3) is 4.62. The second-order valence-corrected chi connectivity index (χ2v) is 13.7. The topological polar surface area (TPSA) is 158 Å². The molecular weight excluding hydrogens is 533 g/mol. The van der Waals surface area contributed by atoms with Gasteiger partial charge in [0.15, 0.2) is 34.7 Å². The summed E-state index contributed by atoms with van der Waals surface area (Å²) in [4.78, 5) is 69.8. The van der Waals surface area contributed by atoms with E-state index < -0.39 is 75.9 Å². The minimum Gasteiger partial charge on any atom is -0.507 e. The largest absolute Gasteiger partial charge is 0.507 e. The van der Waals surface area contributed by atoms with Gasteiger partial charge in [0, 0.05) is 36.2 Å². The molecule has 0 spiro atoms. The van der Waals surface area contributed by atoms with E-state index in [2.05, 4.69) is 25.7 Å². The van der Waals surface area contributed by atoms with E-state index in [1.807, 2.05) is 0 Å². The van der Waals surface area contributed by atoms with Crippen LogP contribution in [0.1, 0.15) is 61.5 Å². The monoisotopic (exact) mass is 571 g/mol. The molecule has 3 saturated carbocycles. The van der Waals surface area contributed by atoms with Crippen molar-refractivity contribution in [2.75, 3.05) is 20.6 Å². The van der Waals surface area contributed by atoms with Crippen LogP contribution in [-0.4, -0.2) is 87.4 Å². The zero-order valence-electron chi connectivity index (χ0n) is 24.1. The van der Waals surface area contributed by atoms with Crippen molar-refractivity contribution in [2.45, 2.75) is 70.7 Å². The highest BCUT2D eigenvalue weighted by atomic mass is 19.1. The molecule has 0 aliphatic heterocycles. The first kappa shape index (κ1) is 29.5. The number of fused-ring (bicyclic) bond motifs is 3. The molecule has 0 aromatic heterocycles. The van der Waals surface area contributed by atoms with Crippen LogP contribution in [-0.2, 0) is 32.1 Å². The Morgan fingerprint density at radius 1 is 1.15 bits per heavy atom.